The Morgan fingerprint density at radius 2 is 1.06 bits per heavy atom. The smallest absolute Gasteiger partial charge is 0.170 e. The van der Waals surface area contributed by atoms with E-state index in [1.165, 1.54) is 0 Å². The first-order valence-corrected chi connectivity index (χ1v) is 20.7. The molecule has 1 rings (SSSR count). The van der Waals surface area contributed by atoms with Gasteiger partial charge in [0.05, 0.1) is 14.7 Å². The molecular formula is C9H28Cl2OSi4. The molecule has 0 spiro atoms. The van der Waals surface area contributed by atoms with Gasteiger partial charge in [-0.05, 0) is 13.1 Å². The molecule has 7 heteroatoms. The Morgan fingerprint density at radius 1 is 0.688 bits per heavy atom. The van der Waals surface area contributed by atoms with Gasteiger partial charge in [0.15, 0.2) is 7.83 Å². The minimum atomic E-state index is -1.31. The van der Waals surface area contributed by atoms with Crippen molar-refractivity contribution in [2.24, 2.45) is 0 Å². The average Bonchev–Trinajstić information content (AvgIpc) is 1.98. The van der Waals surface area contributed by atoms with Crippen molar-refractivity contribution in [1.29, 1.82) is 0 Å². The lowest BCUT2D eigenvalue weighted by Gasteiger charge is -2.59. The van der Waals surface area contributed by atoms with Crippen molar-refractivity contribution in [3.05, 3.63) is 0 Å². The van der Waals surface area contributed by atoms with Gasteiger partial charge >= 0.3 is 0 Å². The normalized spacial score (nSPS) is 28.5. The summed E-state index contributed by atoms with van der Waals surface area (Å²) in [5, 5.41) is 0. The molecule has 1 nitrogen and oxygen atoms in total. The lowest BCUT2D eigenvalue weighted by Crippen LogP contribution is -2.85. The largest absolute Gasteiger partial charge is 0.424 e. The molecule has 0 aromatic carbocycles. The summed E-state index contributed by atoms with van der Waals surface area (Å²) in [7, 11) is -4.37. The van der Waals surface area contributed by atoms with Gasteiger partial charge in [-0.3, -0.25) is 0 Å². The lowest BCUT2D eigenvalue weighted by molar-refractivity contribution is 0.381. The second-order valence-corrected chi connectivity index (χ2v) is 46.5. The molecule has 1 saturated heterocycles. The summed E-state index contributed by atoms with van der Waals surface area (Å²) in [5.74, 6) is 0. The van der Waals surface area contributed by atoms with Gasteiger partial charge < -0.3 is 4.43 Å². The molecule has 100 valence electrons. The van der Waals surface area contributed by atoms with Gasteiger partial charge in [0, 0.05) is 13.3 Å². The van der Waals surface area contributed by atoms with Crippen molar-refractivity contribution in [2.75, 3.05) is 6.23 Å². The van der Waals surface area contributed by atoms with Crippen molar-refractivity contribution in [2.45, 2.75) is 52.4 Å². The molecule has 0 aromatic heterocycles. The maximum atomic E-state index is 6.33. The second-order valence-electron chi connectivity index (χ2n) is 6.93. The number of hydrogen-bond donors (Lipinski definition) is 0. The van der Waals surface area contributed by atoms with Gasteiger partial charge in [-0.1, -0.05) is 39.3 Å². The molecule has 0 aliphatic carbocycles. The molecule has 0 amide bonds. The first-order valence-electron chi connectivity index (χ1n) is 5.60. The van der Waals surface area contributed by atoms with E-state index in [4.69, 9.17) is 4.43 Å². The van der Waals surface area contributed by atoms with Crippen LogP contribution < -0.4 is 0 Å². The van der Waals surface area contributed by atoms with Gasteiger partial charge in [-0.15, -0.1) is 24.8 Å². The van der Waals surface area contributed by atoms with Crippen molar-refractivity contribution < 1.29 is 4.43 Å². The van der Waals surface area contributed by atoms with Gasteiger partial charge in [0.25, 0.3) is 0 Å². The monoisotopic (exact) mass is 334 g/mol. The summed E-state index contributed by atoms with van der Waals surface area (Å²) in [4.78, 5) is 0. The Bertz CT molecular complexity index is 228. The van der Waals surface area contributed by atoms with Crippen LogP contribution in [0, 0.1) is 0 Å². The quantitative estimate of drug-likeness (QED) is 0.609. The maximum Gasteiger partial charge on any atom is 0.170 e. The Morgan fingerprint density at radius 3 is 1.38 bits per heavy atom. The molecular weight excluding hydrogens is 307 g/mol. The Labute approximate surface area is 117 Å². The molecule has 1 fully saturated rings. The van der Waals surface area contributed by atoms with Gasteiger partial charge in [-0.2, -0.15) is 0 Å². The van der Waals surface area contributed by atoms with Crippen molar-refractivity contribution in [3.8, 4) is 0 Å². The summed E-state index contributed by atoms with van der Waals surface area (Å²) in [6.07, 6.45) is 1.15. The standard InChI is InChI=1S/C9H26OSi4.2ClH/c1-11(2)9-10-12(3,4)14(7,8)13(11,5)6;;/h9H2,1-8H3;2*1H. The van der Waals surface area contributed by atoms with E-state index in [-0.39, 0.29) is 24.8 Å². The van der Waals surface area contributed by atoms with E-state index in [0.717, 1.165) is 6.23 Å². The minimum absolute atomic E-state index is 0. The fourth-order valence-corrected chi connectivity index (χ4v) is 69.5. The van der Waals surface area contributed by atoms with Crippen molar-refractivity contribution in [1.82, 2.24) is 0 Å². The predicted octanol–water partition coefficient (Wildman–Crippen LogP) is 3.96. The summed E-state index contributed by atoms with van der Waals surface area (Å²) >= 11 is 0. The van der Waals surface area contributed by atoms with Crippen LogP contribution in [0.3, 0.4) is 0 Å². The van der Waals surface area contributed by atoms with Crippen LogP contribution in [0.15, 0.2) is 0 Å². The predicted molar refractivity (Wildman–Crippen MR) is 90.4 cm³/mol. The van der Waals surface area contributed by atoms with E-state index in [2.05, 4.69) is 52.4 Å². The first kappa shape index (κ1) is 19.7. The Kier molecular flexibility index (Phi) is 6.40. The first-order chi connectivity index (χ1) is 5.96. The molecule has 0 saturated carbocycles. The van der Waals surface area contributed by atoms with Crippen LogP contribution in [-0.2, 0) is 4.43 Å². The SMILES string of the molecule is C[Si]1(C)CO[Si](C)(C)[Si](C)(C)[Si]1(C)C.Cl.Cl. The van der Waals surface area contributed by atoms with Crippen LogP contribution in [-0.4, -0.2) is 35.9 Å². The average molecular weight is 336 g/mol. The molecule has 16 heavy (non-hydrogen) atoms. The Balaban J connectivity index is 0. The fourth-order valence-electron chi connectivity index (χ4n) is 2.32. The fraction of sp³-hybridized carbons (Fsp3) is 1.00. The van der Waals surface area contributed by atoms with Crippen LogP contribution in [0.25, 0.3) is 0 Å². The summed E-state index contributed by atoms with van der Waals surface area (Å²) < 4.78 is 6.33. The highest BCUT2D eigenvalue weighted by molar-refractivity contribution is 7.83. The number of hydrogen-bond acceptors (Lipinski definition) is 1. The second kappa shape index (κ2) is 5.19. The van der Waals surface area contributed by atoms with Gasteiger partial charge in [0.2, 0.25) is 0 Å². The molecule has 0 unspecified atom stereocenters. The third-order valence-corrected chi connectivity index (χ3v) is 71.5. The van der Waals surface area contributed by atoms with E-state index in [1.54, 1.807) is 0 Å². The highest BCUT2D eigenvalue weighted by Gasteiger charge is 2.63. The van der Waals surface area contributed by atoms with E-state index < -0.39 is 29.6 Å². The van der Waals surface area contributed by atoms with Crippen molar-refractivity contribution >= 4 is 54.5 Å². The third kappa shape index (κ3) is 2.55. The molecule has 1 heterocycles. The molecule has 0 aromatic rings. The zero-order valence-electron chi connectivity index (χ0n) is 11.9. The van der Waals surface area contributed by atoms with Crippen LogP contribution in [0.4, 0.5) is 0 Å². The number of rotatable bonds is 0. The lowest BCUT2D eigenvalue weighted by atomic mass is 11.7. The van der Waals surface area contributed by atoms with Crippen LogP contribution in [0.1, 0.15) is 0 Å². The molecule has 0 radical (unpaired) electrons. The maximum absolute atomic E-state index is 6.33. The van der Waals surface area contributed by atoms with Gasteiger partial charge in [0.1, 0.15) is 0 Å². The highest BCUT2D eigenvalue weighted by Crippen LogP contribution is 2.39. The Hall–Kier alpha value is 1.41. The summed E-state index contributed by atoms with van der Waals surface area (Å²) in [6, 6.07) is 0. The van der Waals surface area contributed by atoms with E-state index in [0.29, 0.717) is 0 Å². The van der Waals surface area contributed by atoms with E-state index >= 15 is 0 Å². The van der Waals surface area contributed by atoms with Crippen LogP contribution in [0.5, 0.6) is 0 Å². The van der Waals surface area contributed by atoms with E-state index in [9.17, 15) is 0 Å². The molecule has 0 bridgehead atoms. The molecule has 0 N–H and O–H groups in total. The minimum Gasteiger partial charge on any atom is -0.424 e. The summed E-state index contributed by atoms with van der Waals surface area (Å²) in [5.41, 5.74) is 0. The van der Waals surface area contributed by atoms with Crippen LogP contribution >= 0.6 is 24.8 Å². The van der Waals surface area contributed by atoms with Gasteiger partial charge in [-0.25, -0.2) is 0 Å². The van der Waals surface area contributed by atoms with Crippen LogP contribution in [0.2, 0.25) is 52.4 Å². The third-order valence-electron chi connectivity index (χ3n) is 5.55. The number of halogens is 2. The topological polar surface area (TPSA) is 9.23 Å². The zero-order chi connectivity index (χ0) is 11.4. The summed E-state index contributed by atoms with van der Waals surface area (Å²) in [6.45, 7) is 20.7. The molecule has 1 aliphatic heterocycles. The zero-order valence-corrected chi connectivity index (χ0v) is 17.6. The van der Waals surface area contributed by atoms with Crippen molar-refractivity contribution in [3.63, 3.8) is 0 Å². The van der Waals surface area contributed by atoms with E-state index in [1.807, 2.05) is 0 Å². The highest BCUT2D eigenvalue weighted by atomic mass is 35.5. The molecule has 1 aliphatic rings. The molecule has 0 atom stereocenters.